The lowest BCUT2D eigenvalue weighted by atomic mass is 9.88. The van der Waals surface area contributed by atoms with E-state index in [0.717, 1.165) is 12.1 Å². The molecule has 0 fully saturated rings. The van der Waals surface area contributed by atoms with Gasteiger partial charge >= 0.3 is 12.4 Å². The Labute approximate surface area is 156 Å². The van der Waals surface area contributed by atoms with E-state index in [4.69, 9.17) is 11.5 Å². The van der Waals surface area contributed by atoms with Crippen LogP contribution in [0.4, 0.5) is 37.7 Å². The molecule has 0 aromatic heterocycles. The first-order valence-electron chi connectivity index (χ1n) is 8.01. The molecule has 3 aromatic rings. The minimum atomic E-state index is -5.23. The Hall–Kier alpha value is -3.16. The molecule has 0 radical (unpaired) electrons. The summed E-state index contributed by atoms with van der Waals surface area (Å²) >= 11 is 0. The van der Waals surface area contributed by atoms with Gasteiger partial charge in [-0.2, -0.15) is 26.3 Å². The molecule has 0 spiro atoms. The predicted molar refractivity (Wildman–Crippen MR) is 96.1 cm³/mol. The standard InChI is InChI=1S/C20H14F6N2/c21-19(22,23)17-15(11-1-5-13(27)6-2-11)9-10-16(18(17)20(24,25)26)12-3-7-14(28)8-4-12/h1-10H,27-28H2. The molecule has 0 amide bonds. The fourth-order valence-corrected chi connectivity index (χ4v) is 3.00. The van der Waals surface area contributed by atoms with Gasteiger partial charge in [-0.15, -0.1) is 0 Å². The third-order valence-electron chi connectivity index (χ3n) is 4.22. The zero-order chi connectivity index (χ0) is 20.7. The van der Waals surface area contributed by atoms with Crippen LogP contribution < -0.4 is 11.5 Å². The molecule has 146 valence electrons. The fraction of sp³-hybridized carbons (Fsp3) is 0.100. The monoisotopic (exact) mass is 396 g/mol. The van der Waals surface area contributed by atoms with Gasteiger partial charge in [0.15, 0.2) is 0 Å². The van der Waals surface area contributed by atoms with Crippen LogP contribution in [0.25, 0.3) is 22.3 Å². The summed E-state index contributed by atoms with van der Waals surface area (Å²) in [6.45, 7) is 0. The molecule has 4 N–H and O–H groups in total. The molecular weight excluding hydrogens is 382 g/mol. The van der Waals surface area contributed by atoms with Crippen LogP contribution in [-0.4, -0.2) is 0 Å². The van der Waals surface area contributed by atoms with Gasteiger partial charge in [-0.05, 0) is 46.5 Å². The van der Waals surface area contributed by atoms with Crippen molar-refractivity contribution in [3.63, 3.8) is 0 Å². The van der Waals surface area contributed by atoms with Crippen LogP contribution in [0.3, 0.4) is 0 Å². The Morgan fingerprint density at radius 1 is 0.464 bits per heavy atom. The molecule has 0 heterocycles. The van der Waals surface area contributed by atoms with E-state index in [0.29, 0.717) is 0 Å². The van der Waals surface area contributed by atoms with Crippen LogP contribution in [0, 0.1) is 0 Å². The maximum Gasteiger partial charge on any atom is 0.417 e. The summed E-state index contributed by atoms with van der Waals surface area (Å²) in [5, 5.41) is 0. The van der Waals surface area contributed by atoms with Gasteiger partial charge in [0.25, 0.3) is 0 Å². The molecule has 3 rings (SSSR count). The fourth-order valence-electron chi connectivity index (χ4n) is 3.00. The molecule has 3 aromatic carbocycles. The van der Waals surface area contributed by atoms with Crippen LogP contribution in [0.2, 0.25) is 0 Å². The number of hydrogen-bond donors (Lipinski definition) is 2. The molecule has 0 bridgehead atoms. The van der Waals surface area contributed by atoms with Gasteiger partial charge in [-0.3, -0.25) is 0 Å². The van der Waals surface area contributed by atoms with Crippen LogP contribution in [0.15, 0.2) is 60.7 Å². The molecular formula is C20H14F6N2. The summed E-state index contributed by atoms with van der Waals surface area (Å²) in [6, 6.07) is 12.4. The molecule has 2 nitrogen and oxygen atoms in total. The van der Waals surface area contributed by atoms with Crippen LogP contribution in [0.1, 0.15) is 11.1 Å². The second-order valence-corrected chi connectivity index (χ2v) is 6.15. The SMILES string of the molecule is Nc1ccc(-c2ccc(-c3ccc(N)cc3)c(C(F)(F)F)c2C(F)(F)F)cc1. The van der Waals surface area contributed by atoms with E-state index < -0.39 is 34.6 Å². The van der Waals surface area contributed by atoms with E-state index in [9.17, 15) is 26.3 Å². The number of benzene rings is 3. The Morgan fingerprint density at radius 2 is 0.750 bits per heavy atom. The molecule has 8 heteroatoms. The molecule has 28 heavy (non-hydrogen) atoms. The smallest absolute Gasteiger partial charge is 0.399 e. The number of anilines is 2. The van der Waals surface area contributed by atoms with Gasteiger partial charge in [0.05, 0.1) is 11.1 Å². The average molecular weight is 396 g/mol. The zero-order valence-electron chi connectivity index (χ0n) is 14.2. The van der Waals surface area contributed by atoms with Crippen molar-refractivity contribution in [2.24, 2.45) is 0 Å². The zero-order valence-corrected chi connectivity index (χ0v) is 14.2. The van der Waals surface area contributed by atoms with Gasteiger partial charge in [0, 0.05) is 11.4 Å². The molecule has 0 aliphatic heterocycles. The summed E-state index contributed by atoms with van der Waals surface area (Å²) in [7, 11) is 0. The lowest BCUT2D eigenvalue weighted by Crippen LogP contribution is -2.19. The van der Waals surface area contributed by atoms with Crippen molar-refractivity contribution in [2.45, 2.75) is 12.4 Å². The highest BCUT2D eigenvalue weighted by atomic mass is 19.4. The van der Waals surface area contributed by atoms with Crippen molar-refractivity contribution >= 4 is 11.4 Å². The van der Waals surface area contributed by atoms with Gasteiger partial charge < -0.3 is 11.5 Å². The maximum atomic E-state index is 13.8. The first kappa shape index (κ1) is 19.6. The summed E-state index contributed by atoms with van der Waals surface area (Å²) in [5.41, 5.74) is 6.97. The van der Waals surface area contributed by atoms with E-state index in [1.165, 1.54) is 48.5 Å². The van der Waals surface area contributed by atoms with Crippen LogP contribution in [0.5, 0.6) is 0 Å². The normalized spacial score (nSPS) is 12.2. The van der Waals surface area contributed by atoms with Crippen LogP contribution >= 0.6 is 0 Å². The molecule has 0 aliphatic rings. The lowest BCUT2D eigenvalue weighted by Gasteiger charge is -2.23. The molecule has 0 atom stereocenters. The van der Waals surface area contributed by atoms with Gasteiger partial charge in [-0.25, -0.2) is 0 Å². The van der Waals surface area contributed by atoms with Crippen molar-refractivity contribution in [1.82, 2.24) is 0 Å². The number of nitrogens with two attached hydrogens (primary N) is 2. The Balaban J connectivity index is 2.38. The molecule has 0 unspecified atom stereocenters. The highest BCUT2D eigenvalue weighted by Crippen LogP contribution is 2.49. The second-order valence-electron chi connectivity index (χ2n) is 6.15. The Morgan fingerprint density at radius 3 is 1.00 bits per heavy atom. The maximum absolute atomic E-state index is 13.8. The third-order valence-corrected chi connectivity index (χ3v) is 4.22. The highest BCUT2D eigenvalue weighted by molar-refractivity contribution is 5.79. The summed E-state index contributed by atoms with van der Waals surface area (Å²) in [4.78, 5) is 0. The predicted octanol–water partition coefficient (Wildman–Crippen LogP) is 6.22. The number of rotatable bonds is 2. The van der Waals surface area contributed by atoms with E-state index in [1.54, 1.807) is 0 Å². The van der Waals surface area contributed by atoms with E-state index >= 15 is 0 Å². The quantitative estimate of drug-likeness (QED) is 0.399. The van der Waals surface area contributed by atoms with Gasteiger partial charge in [0.1, 0.15) is 0 Å². The molecule has 0 aliphatic carbocycles. The Kier molecular flexibility index (Phi) is 4.74. The van der Waals surface area contributed by atoms with Crippen molar-refractivity contribution in [3.05, 3.63) is 71.8 Å². The summed E-state index contributed by atoms with van der Waals surface area (Å²) < 4.78 is 82.9. The van der Waals surface area contributed by atoms with E-state index in [-0.39, 0.29) is 22.5 Å². The first-order chi connectivity index (χ1) is 13.0. The number of hydrogen-bond acceptors (Lipinski definition) is 2. The average Bonchev–Trinajstić information content (AvgIpc) is 2.60. The third kappa shape index (κ3) is 3.76. The lowest BCUT2D eigenvalue weighted by molar-refractivity contribution is -0.161. The summed E-state index contributed by atoms with van der Waals surface area (Å²) in [5.74, 6) is 0. The van der Waals surface area contributed by atoms with Crippen LogP contribution in [-0.2, 0) is 12.4 Å². The topological polar surface area (TPSA) is 52.0 Å². The minimum Gasteiger partial charge on any atom is -0.399 e. The number of halogens is 6. The van der Waals surface area contributed by atoms with Gasteiger partial charge in [-0.1, -0.05) is 36.4 Å². The van der Waals surface area contributed by atoms with Crippen molar-refractivity contribution in [3.8, 4) is 22.3 Å². The number of nitrogen functional groups attached to an aromatic ring is 2. The minimum absolute atomic E-state index is 0.0177. The van der Waals surface area contributed by atoms with Crippen molar-refractivity contribution in [1.29, 1.82) is 0 Å². The molecule has 0 saturated carbocycles. The van der Waals surface area contributed by atoms with Crippen molar-refractivity contribution < 1.29 is 26.3 Å². The molecule has 0 saturated heterocycles. The summed E-state index contributed by atoms with van der Waals surface area (Å²) in [6.07, 6.45) is -10.5. The van der Waals surface area contributed by atoms with E-state index in [1.807, 2.05) is 0 Å². The first-order valence-corrected chi connectivity index (χ1v) is 8.01. The number of alkyl halides is 6. The van der Waals surface area contributed by atoms with Crippen molar-refractivity contribution in [2.75, 3.05) is 11.5 Å². The second kappa shape index (κ2) is 6.78. The Bertz CT molecular complexity index is 905. The largest absolute Gasteiger partial charge is 0.417 e. The highest BCUT2D eigenvalue weighted by Gasteiger charge is 2.46. The van der Waals surface area contributed by atoms with Gasteiger partial charge in [0.2, 0.25) is 0 Å². The van der Waals surface area contributed by atoms with E-state index in [2.05, 4.69) is 0 Å².